The van der Waals surface area contributed by atoms with E-state index in [2.05, 4.69) is 15.5 Å². The number of carbonyl (C=O) groups excluding carboxylic acids is 1. The second-order valence-corrected chi connectivity index (χ2v) is 6.71. The largest absolute Gasteiger partial charge is 0.411 e. The standard InChI is InChI=1S/C18H16N4O4S/c1-11-5-3-6-13(9-11)17-20-21-18(26-17)27-10-16(23)19-14-7-4-8-15(12(14)2)22(24)25/h3-9H,10H2,1-2H3,(H,19,23). The maximum absolute atomic E-state index is 12.1. The van der Waals surface area contributed by atoms with Crippen LogP contribution in [0.5, 0.6) is 0 Å². The first kappa shape index (κ1) is 18.6. The van der Waals surface area contributed by atoms with Crippen molar-refractivity contribution < 1.29 is 14.1 Å². The topological polar surface area (TPSA) is 111 Å². The Morgan fingerprint density at radius 3 is 2.74 bits per heavy atom. The number of thioether (sulfide) groups is 1. The van der Waals surface area contributed by atoms with E-state index < -0.39 is 4.92 Å². The highest BCUT2D eigenvalue weighted by Gasteiger charge is 2.16. The Bertz CT molecular complexity index is 1000. The molecule has 138 valence electrons. The number of nitro benzene ring substituents is 1. The van der Waals surface area contributed by atoms with Gasteiger partial charge >= 0.3 is 0 Å². The van der Waals surface area contributed by atoms with Gasteiger partial charge < -0.3 is 9.73 Å². The Morgan fingerprint density at radius 2 is 2.00 bits per heavy atom. The van der Waals surface area contributed by atoms with Crippen molar-refractivity contribution in [3.63, 3.8) is 0 Å². The lowest BCUT2D eigenvalue weighted by Crippen LogP contribution is -2.15. The van der Waals surface area contributed by atoms with E-state index in [-0.39, 0.29) is 22.6 Å². The van der Waals surface area contributed by atoms with Crippen LogP contribution in [0.15, 0.2) is 52.1 Å². The lowest BCUT2D eigenvalue weighted by atomic mass is 10.1. The van der Waals surface area contributed by atoms with E-state index in [0.717, 1.165) is 22.9 Å². The fraction of sp³-hybridized carbons (Fsp3) is 0.167. The van der Waals surface area contributed by atoms with Gasteiger partial charge in [0, 0.05) is 11.6 Å². The summed E-state index contributed by atoms with van der Waals surface area (Å²) >= 11 is 1.10. The molecule has 0 spiro atoms. The molecule has 0 aliphatic heterocycles. The van der Waals surface area contributed by atoms with E-state index in [4.69, 9.17) is 4.42 Å². The highest BCUT2D eigenvalue weighted by Crippen LogP contribution is 2.26. The van der Waals surface area contributed by atoms with Gasteiger partial charge in [0.05, 0.1) is 21.9 Å². The number of benzene rings is 2. The van der Waals surface area contributed by atoms with Crippen LogP contribution in [-0.4, -0.2) is 26.8 Å². The maximum Gasteiger partial charge on any atom is 0.277 e. The van der Waals surface area contributed by atoms with E-state index in [1.54, 1.807) is 13.0 Å². The number of amides is 1. The Kier molecular flexibility index (Phi) is 5.51. The SMILES string of the molecule is Cc1cccc(-c2nnc(SCC(=O)Nc3cccc([N+](=O)[O-])c3C)o2)c1. The minimum Gasteiger partial charge on any atom is -0.411 e. The van der Waals surface area contributed by atoms with E-state index >= 15 is 0 Å². The minimum atomic E-state index is -0.481. The van der Waals surface area contributed by atoms with Gasteiger partial charge in [0.15, 0.2) is 0 Å². The van der Waals surface area contributed by atoms with Crippen molar-refractivity contribution in [3.05, 3.63) is 63.7 Å². The summed E-state index contributed by atoms with van der Waals surface area (Å²) in [6, 6.07) is 12.2. The molecular weight excluding hydrogens is 368 g/mol. The summed E-state index contributed by atoms with van der Waals surface area (Å²) in [6.07, 6.45) is 0. The Hall–Kier alpha value is -3.20. The lowest BCUT2D eigenvalue weighted by Gasteiger charge is -2.07. The molecule has 3 aromatic rings. The smallest absolute Gasteiger partial charge is 0.277 e. The molecule has 3 rings (SSSR count). The predicted molar refractivity (Wildman–Crippen MR) is 102 cm³/mol. The predicted octanol–water partition coefficient (Wildman–Crippen LogP) is 3.99. The van der Waals surface area contributed by atoms with Crippen molar-refractivity contribution >= 4 is 29.0 Å². The molecule has 0 saturated carbocycles. The van der Waals surface area contributed by atoms with Gasteiger partial charge in [0.25, 0.3) is 10.9 Å². The third-order valence-corrected chi connectivity index (χ3v) is 4.59. The molecular formula is C18H16N4O4S. The van der Waals surface area contributed by atoms with Crippen LogP contribution < -0.4 is 5.32 Å². The third kappa shape index (κ3) is 4.50. The van der Waals surface area contributed by atoms with Crippen molar-refractivity contribution in [2.45, 2.75) is 19.1 Å². The van der Waals surface area contributed by atoms with Gasteiger partial charge in [-0.3, -0.25) is 14.9 Å². The first-order chi connectivity index (χ1) is 12.9. The number of rotatable bonds is 6. The van der Waals surface area contributed by atoms with Crippen molar-refractivity contribution in [2.24, 2.45) is 0 Å². The molecule has 0 bridgehead atoms. The number of nitro groups is 1. The van der Waals surface area contributed by atoms with Gasteiger partial charge in [0.2, 0.25) is 11.8 Å². The molecule has 0 saturated heterocycles. The van der Waals surface area contributed by atoms with Gasteiger partial charge in [-0.2, -0.15) is 0 Å². The second kappa shape index (κ2) is 8.00. The Balaban J connectivity index is 1.62. The quantitative estimate of drug-likeness (QED) is 0.388. The molecule has 8 nitrogen and oxygen atoms in total. The number of anilines is 1. The molecule has 1 heterocycles. The highest BCUT2D eigenvalue weighted by molar-refractivity contribution is 7.99. The van der Waals surface area contributed by atoms with Gasteiger partial charge in [-0.15, -0.1) is 10.2 Å². The number of aryl methyl sites for hydroxylation is 1. The Morgan fingerprint density at radius 1 is 1.22 bits per heavy atom. The van der Waals surface area contributed by atoms with Crippen molar-refractivity contribution in [3.8, 4) is 11.5 Å². The molecule has 1 N–H and O–H groups in total. The monoisotopic (exact) mass is 384 g/mol. The summed E-state index contributed by atoms with van der Waals surface area (Å²) in [5.41, 5.74) is 2.65. The maximum atomic E-state index is 12.1. The third-order valence-electron chi connectivity index (χ3n) is 3.77. The van der Waals surface area contributed by atoms with Crippen LogP contribution in [0.3, 0.4) is 0 Å². The molecule has 2 aromatic carbocycles. The van der Waals surface area contributed by atoms with Crippen LogP contribution in [0, 0.1) is 24.0 Å². The summed E-state index contributed by atoms with van der Waals surface area (Å²) < 4.78 is 5.57. The van der Waals surface area contributed by atoms with E-state index in [9.17, 15) is 14.9 Å². The molecule has 0 radical (unpaired) electrons. The first-order valence-corrected chi connectivity index (χ1v) is 9.00. The average Bonchev–Trinajstić information content (AvgIpc) is 3.10. The summed E-state index contributed by atoms with van der Waals surface area (Å²) in [6.45, 7) is 3.56. The summed E-state index contributed by atoms with van der Waals surface area (Å²) in [7, 11) is 0. The number of aromatic nitrogens is 2. The molecule has 0 unspecified atom stereocenters. The van der Waals surface area contributed by atoms with Gasteiger partial charge in [-0.1, -0.05) is 35.5 Å². The molecule has 9 heteroatoms. The van der Waals surface area contributed by atoms with Crippen LogP contribution in [0.4, 0.5) is 11.4 Å². The number of hydrogen-bond acceptors (Lipinski definition) is 7. The molecule has 0 aliphatic rings. The Labute approximate surface area is 159 Å². The summed E-state index contributed by atoms with van der Waals surface area (Å²) in [5.74, 6) is 0.104. The van der Waals surface area contributed by atoms with E-state index in [1.807, 2.05) is 31.2 Å². The molecule has 0 atom stereocenters. The number of carbonyl (C=O) groups is 1. The van der Waals surface area contributed by atoms with Crippen molar-refractivity contribution in [1.82, 2.24) is 10.2 Å². The number of nitrogens with zero attached hydrogens (tertiary/aromatic N) is 3. The zero-order valence-electron chi connectivity index (χ0n) is 14.6. The molecule has 1 aromatic heterocycles. The fourth-order valence-electron chi connectivity index (χ4n) is 2.43. The minimum absolute atomic E-state index is 0.0393. The second-order valence-electron chi connectivity index (χ2n) is 5.79. The average molecular weight is 384 g/mol. The van der Waals surface area contributed by atoms with Gasteiger partial charge in [-0.25, -0.2) is 0 Å². The molecule has 0 fully saturated rings. The summed E-state index contributed by atoms with van der Waals surface area (Å²) in [5, 5.41) is 21.8. The highest BCUT2D eigenvalue weighted by atomic mass is 32.2. The van der Waals surface area contributed by atoms with Gasteiger partial charge in [-0.05, 0) is 32.0 Å². The van der Waals surface area contributed by atoms with Gasteiger partial charge in [0.1, 0.15) is 0 Å². The molecule has 27 heavy (non-hydrogen) atoms. The first-order valence-electron chi connectivity index (χ1n) is 8.01. The van der Waals surface area contributed by atoms with Crippen LogP contribution >= 0.6 is 11.8 Å². The van der Waals surface area contributed by atoms with E-state index in [1.165, 1.54) is 12.1 Å². The molecule has 1 amide bonds. The van der Waals surface area contributed by atoms with Crippen molar-refractivity contribution in [2.75, 3.05) is 11.1 Å². The van der Waals surface area contributed by atoms with Crippen molar-refractivity contribution in [1.29, 1.82) is 0 Å². The number of hydrogen-bond donors (Lipinski definition) is 1. The van der Waals surface area contributed by atoms with Crippen LogP contribution in [-0.2, 0) is 4.79 Å². The van der Waals surface area contributed by atoms with E-state index in [0.29, 0.717) is 17.1 Å². The van der Waals surface area contributed by atoms with Crippen LogP contribution in [0.25, 0.3) is 11.5 Å². The van der Waals surface area contributed by atoms with Crippen LogP contribution in [0.2, 0.25) is 0 Å². The van der Waals surface area contributed by atoms with Crippen LogP contribution in [0.1, 0.15) is 11.1 Å². The zero-order valence-corrected chi connectivity index (χ0v) is 15.4. The lowest BCUT2D eigenvalue weighted by molar-refractivity contribution is -0.385. The molecule has 0 aliphatic carbocycles. The number of nitrogens with one attached hydrogen (secondary N) is 1. The fourth-order valence-corrected chi connectivity index (χ4v) is 3.00. The zero-order chi connectivity index (χ0) is 19.4. The normalized spacial score (nSPS) is 10.6. The summed E-state index contributed by atoms with van der Waals surface area (Å²) in [4.78, 5) is 22.6.